The lowest BCUT2D eigenvalue weighted by Crippen LogP contribution is -2.38. The smallest absolute Gasteiger partial charge is 0.234 e. The summed E-state index contributed by atoms with van der Waals surface area (Å²) in [5.41, 5.74) is 3.63. The zero-order valence-electron chi connectivity index (χ0n) is 15.9. The molecule has 0 aliphatic carbocycles. The molecule has 1 saturated heterocycles. The summed E-state index contributed by atoms with van der Waals surface area (Å²) in [6.07, 6.45) is 2.21. The summed E-state index contributed by atoms with van der Waals surface area (Å²) in [5, 5.41) is 3.15. The highest BCUT2D eigenvalue weighted by Crippen LogP contribution is 2.32. The van der Waals surface area contributed by atoms with Crippen LogP contribution in [0.5, 0.6) is 5.75 Å². The molecule has 1 aliphatic heterocycles. The standard InChI is InChI=1S/C22H28N2O2/c1-16-7-4-5-8-20(16)17(2)23-22(25)15-24-14-6-9-21(24)18-10-12-19(26-3)13-11-18/h4-5,7-8,10-13,17,21H,6,9,14-15H2,1-3H3,(H,23,25)/t17-,21-/m1/s1. The van der Waals surface area contributed by atoms with Crippen molar-refractivity contribution in [2.24, 2.45) is 0 Å². The van der Waals surface area contributed by atoms with Crippen LogP contribution < -0.4 is 10.1 Å². The van der Waals surface area contributed by atoms with E-state index in [4.69, 9.17) is 4.74 Å². The number of amides is 1. The zero-order valence-corrected chi connectivity index (χ0v) is 15.9. The first-order chi connectivity index (χ1) is 12.6. The van der Waals surface area contributed by atoms with Gasteiger partial charge in [0.15, 0.2) is 0 Å². The predicted octanol–water partition coefficient (Wildman–Crippen LogP) is 4.02. The van der Waals surface area contributed by atoms with Crippen LogP contribution in [0.4, 0.5) is 0 Å². The zero-order chi connectivity index (χ0) is 18.5. The van der Waals surface area contributed by atoms with Crippen molar-refractivity contribution < 1.29 is 9.53 Å². The molecule has 4 nitrogen and oxygen atoms in total. The Balaban J connectivity index is 1.61. The van der Waals surface area contributed by atoms with Gasteiger partial charge in [-0.1, -0.05) is 36.4 Å². The van der Waals surface area contributed by atoms with Gasteiger partial charge in [-0.05, 0) is 62.1 Å². The first-order valence-electron chi connectivity index (χ1n) is 9.31. The fourth-order valence-corrected chi connectivity index (χ4v) is 3.84. The van der Waals surface area contributed by atoms with Gasteiger partial charge >= 0.3 is 0 Å². The molecule has 4 heteroatoms. The molecule has 0 unspecified atom stereocenters. The van der Waals surface area contributed by atoms with E-state index in [1.54, 1.807) is 7.11 Å². The number of ether oxygens (including phenoxy) is 1. The minimum atomic E-state index is 0.0192. The van der Waals surface area contributed by atoms with Gasteiger partial charge in [-0.25, -0.2) is 0 Å². The normalized spacial score (nSPS) is 18.5. The van der Waals surface area contributed by atoms with Crippen LogP contribution >= 0.6 is 0 Å². The number of benzene rings is 2. The van der Waals surface area contributed by atoms with Crippen LogP contribution in [0, 0.1) is 6.92 Å². The number of hydrogen-bond acceptors (Lipinski definition) is 3. The van der Waals surface area contributed by atoms with Crippen LogP contribution in [0.25, 0.3) is 0 Å². The maximum atomic E-state index is 12.6. The SMILES string of the molecule is COc1ccc([C@H]2CCCN2CC(=O)N[C@H](C)c2ccccc2C)cc1. The second-order valence-corrected chi connectivity index (χ2v) is 7.05. The molecule has 1 amide bonds. The topological polar surface area (TPSA) is 41.6 Å². The maximum Gasteiger partial charge on any atom is 0.234 e. The Hall–Kier alpha value is -2.33. The molecular weight excluding hydrogens is 324 g/mol. The average molecular weight is 352 g/mol. The number of rotatable bonds is 6. The number of nitrogens with zero attached hydrogens (tertiary/aromatic N) is 1. The minimum absolute atomic E-state index is 0.0192. The molecule has 0 bridgehead atoms. The highest BCUT2D eigenvalue weighted by molar-refractivity contribution is 5.78. The van der Waals surface area contributed by atoms with Gasteiger partial charge in [0, 0.05) is 6.04 Å². The Morgan fingerprint density at radius 1 is 1.23 bits per heavy atom. The van der Waals surface area contributed by atoms with E-state index in [9.17, 15) is 4.79 Å². The van der Waals surface area contributed by atoms with Gasteiger partial charge in [0.05, 0.1) is 19.7 Å². The van der Waals surface area contributed by atoms with Crippen LogP contribution in [0.15, 0.2) is 48.5 Å². The molecule has 0 aromatic heterocycles. The summed E-state index contributed by atoms with van der Waals surface area (Å²) in [6.45, 7) is 5.53. The van der Waals surface area contributed by atoms with E-state index in [-0.39, 0.29) is 11.9 Å². The molecule has 3 rings (SSSR count). The third-order valence-corrected chi connectivity index (χ3v) is 5.24. The Morgan fingerprint density at radius 3 is 2.65 bits per heavy atom. The monoisotopic (exact) mass is 352 g/mol. The summed E-state index contributed by atoms with van der Waals surface area (Å²) in [5.74, 6) is 0.948. The van der Waals surface area contributed by atoms with E-state index >= 15 is 0 Å². The molecule has 2 aromatic carbocycles. The van der Waals surface area contributed by atoms with Crippen molar-refractivity contribution in [3.63, 3.8) is 0 Å². The molecular formula is C22H28N2O2. The van der Waals surface area contributed by atoms with Crippen LogP contribution in [0.2, 0.25) is 0 Å². The third-order valence-electron chi connectivity index (χ3n) is 5.24. The van der Waals surface area contributed by atoms with Crippen molar-refractivity contribution in [3.05, 3.63) is 65.2 Å². The first kappa shape index (κ1) is 18.5. The van der Waals surface area contributed by atoms with Crippen molar-refractivity contribution in [3.8, 4) is 5.75 Å². The highest BCUT2D eigenvalue weighted by Gasteiger charge is 2.28. The van der Waals surface area contributed by atoms with Crippen molar-refractivity contribution in [1.82, 2.24) is 10.2 Å². The predicted molar refractivity (Wildman–Crippen MR) is 104 cm³/mol. The van der Waals surface area contributed by atoms with Crippen molar-refractivity contribution in [2.45, 2.75) is 38.8 Å². The van der Waals surface area contributed by atoms with Gasteiger partial charge in [0.2, 0.25) is 5.91 Å². The molecule has 0 saturated carbocycles. The van der Waals surface area contributed by atoms with E-state index in [0.717, 1.165) is 25.1 Å². The molecule has 138 valence electrons. The fraction of sp³-hybridized carbons (Fsp3) is 0.409. The summed E-state index contributed by atoms with van der Waals surface area (Å²) in [7, 11) is 1.68. The molecule has 0 spiro atoms. The Bertz CT molecular complexity index is 742. The third kappa shape index (κ3) is 4.25. The van der Waals surface area contributed by atoms with Gasteiger partial charge in [-0.3, -0.25) is 9.69 Å². The first-order valence-corrected chi connectivity index (χ1v) is 9.31. The van der Waals surface area contributed by atoms with Crippen LogP contribution in [-0.2, 0) is 4.79 Å². The molecule has 1 N–H and O–H groups in total. The minimum Gasteiger partial charge on any atom is -0.497 e. The molecule has 2 aromatic rings. The van der Waals surface area contributed by atoms with Crippen LogP contribution in [0.3, 0.4) is 0 Å². The summed E-state index contributed by atoms with van der Waals surface area (Å²) >= 11 is 0. The lowest BCUT2D eigenvalue weighted by atomic mass is 10.0. The Kier molecular flexibility index (Phi) is 5.94. The van der Waals surface area contributed by atoms with Gasteiger partial charge in [0.25, 0.3) is 0 Å². The van der Waals surface area contributed by atoms with Crippen LogP contribution in [-0.4, -0.2) is 31.0 Å². The number of carbonyl (C=O) groups excluding carboxylic acids is 1. The maximum absolute atomic E-state index is 12.6. The molecule has 2 atom stereocenters. The second kappa shape index (κ2) is 8.37. The molecule has 1 aliphatic rings. The van der Waals surface area contributed by atoms with E-state index < -0.39 is 0 Å². The fourth-order valence-electron chi connectivity index (χ4n) is 3.84. The summed E-state index contributed by atoms with van der Waals surface area (Å²) in [4.78, 5) is 14.9. The van der Waals surface area contributed by atoms with Gasteiger partial charge in [0.1, 0.15) is 5.75 Å². The molecule has 1 heterocycles. The number of carbonyl (C=O) groups is 1. The van der Waals surface area contributed by atoms with Crippen molar-refractivity contribution >= 4 is 5.91 Å². The number of aryl methyl sites for hydroxylation is 1. The average Bonchev–Trinajstić information content (AvgIpc) is 3.10. The quantitative estimate of drug-likeness (QED) is 0.854. The molecule has 1 fully saturated rings. The van der Waals surface area contributed by atoms with Crippen LogP contribution in [0.1, 0.15) is 48.5 Å². The molecule has 0 radical (unpaired) electrons. The summed E-state index contributed by atoms with van der Waals surface area (Å²) in [6, 6.07) is 16.7. The highest BCUT2D eigenvalue weighted by atomic mass is 16.5. The van der Waals surface area contributed by atoms with E-state index in [0.29, 0.717) is 12.6 Å². The van der Waals surface area contributed by atoms with Crippen molar-refractivity contribution in [2.75, 3.05) is 20.2 Å². The van der Waals surface area contributed by atoms with Crippen molar-refractivity contribution in [1.29, 1.82) is 0 Å². The number of methoxy groups -OCH3 is 1. The van der Waals surface area contributed by atoms with Gasteiger partial charge in [-0.15, -0.1) is 0 Å². The van der Waals surface area contributed by atoms with E-state index in [1.165, 1.54) is 16.7 Å². The number of likely N-dealkylation sites (tertiary alicyclic amines) is 1. The van der Waals surface area contributed by atoms with E-state index in [2.05, 4.69) is 41.4 Å². The van der Waals surface area contributed by atoms with Gasteiger partial charge in [-0.2, -0.15) is 0 Å². The summed E-state index contributed by atoms with van der Waals surface area (Å²) < 4.78 is 5.24. The number of nitrogens with one attached hydrogen (secondary N) is 1. The molecule has 26 heavy (non-hydrogen) atoms. The lowest BCUT2D eigenvalue weighted by molar-refractivity contribution is -0.123. The van der Waals surface area contributed by atoms with Gasteiger partial charge < -0.3 is 10.1 Å². The largest absolute Gasteiger partial charge is 0.497 e. The number of hydrogen-bond donors (Lipinski definition) is 1. The lowest BCUT2D eigenvalue weighted by Gasteiger charge is -2.25. The second-order valence-electron chi connectivity index (χ2n) is 7.05. The Labute approximate surface area is 156 Å². The Morgan fingerprint density at radius 2 is 1.96 bits per heavy atom. The van der Waals surface area contributed by atoms with E-state index in [1.807, 2.05) is 31.2 Å².